The summed E-state index contributed by atoms with van der Waals surface area (Å²) in [5.41, 5.74) is -0.773. The van der Waals surface area contributed by atoms with Crippen LogP contribution < -0.4 is 11.2 Å². The van der Waals surface area contributed by atoms with Gasteiger partial charge in [0.15, 0.2) is 0 Å². The van der Waals surface area contributed by atoms with Gasteiger partial charge in [-0.2, -0.15) is 0 Å². The molecule has 1 aliphatic heterocycles. The van der Waals surface area contributed by atoms with E-state index in [2.05, 4.69) is 9.98 Å². The molecule has 0 bridgehead atoms. The summed E-state index contributed by atoms with van der Waals surface area (Å²) in [6, 6.07) is 4.85. The summed E-state index contributed by atoms with van der Waals surface area (Å²) in [5.74, 6) is 0. The standard InChI is InChI=1S/C16H15Cl2N3O5/c17-9-2-1-8(3-10(9)18)5-19-11-6-21(16(25)20-15(11)24)14-4-12(23)13(7-22)26-14/h1-3,5-6,12-14,22-23H,4,7H2,(H,20,24,25). The Hall–Kier alpha value is -1.97. The van der Waals surface area contributed by atoms with Gasteiger partial charge in [-0.25, -0.2) is 9.79 Å². The summed E-state index contributed by atoms with van der Waals surface area (Å²) in [5, 5.41) is 19.7. The van der Waals surface area contributed by atoms with E-state index in [0.29, 0.717) is 15.6 Å². The minimum absolute atomic E-state index is 0.0267. The van der Waals surface area contributed by atoms with Crippen LogP contribution in [0.4, 0.5) is 5.69 Å². The van der Waals surface area contributed by atoms with Gasteiger partial charge in [0, 0.05) is 18.8 Å². The van der Waals surface area contributed by atoms with E-state index in [9.17, 15) is 14.7 Å². The number of H-pyrrole nitrogens is 1. The second-order valence-electron chi connectivity index (χ2n) is 5.73. The number of nitrogens with zero attached hydrogens (tertiary/aromatic N) is 2. The third kappa shape index (κ3) is 3.89. The van der Waals surface area contributed by atoms with Gasteiger partial charge in [0.2, 0.25) is 0 Å². The molecule has 26 heavy (non-hydrogen) atoms. The molecule has 0 spiro atoms. The molecule has 3 rings (SSSR count). The van der Waals surface area contributed by atoms with E-state index in [1.165, 1.54) is 12.4 Å². The number of aliphatic hydroxyl groups excluding tert-OH is 2. The quantitative estimate of drug-likeness (QED) is 0.668. The van der Waals surface area contributed by atoms with Gasteiger partial charge in [-0.1, -0.05) is 29.3 Å². The second-order valence-corrected chi connectivity index (χ2v) is 6.54. The molecule has 0 saturated carbocycles. The van der Waals surface area contributed by atoms with E-state index in [1.807, 2.05) is 0 Å². The number of nitrogens with one attached hydrogen (secondary N) is 1. The Kier molecular flexibility index (Phi) is 5.59. The van der Waals surface area contributed by atoms with Crippen LogP contribution in [0.15, 0.2) is 39.0 Å². The lowest BCUT2D eigenvalue weighted by atomic mass is 10.2. The fourth-order valence-corrected chi connectivity index (χ4v) is 2.87. The molecule has 0 aliphatic carbocycles. The van der Waals surface area contributed by atoms with Crippen LogP contribution in [0.2, 0.25) is 10.0 Å². The van der Waals surface area contributed by atoms with Gasteiger partial charge in [0.1, 0.15) is 18.0 Å². The van der Waals surface area contributed by atoms with Crippen molar-refractivity contribution in [2.24, 2.45) is 4.99 Å². The van der Waals surface area contributed by atoms with Crippen molar-refractivity contribution in [2.75, 3.05) is 6.61 Å². The molecule has 0 radical (unpaired) electrons. The summed E-state index contributed by atoms with van der Waals surface area (Å²) < 4.78 is 6.56. The molecule has 8 nitrogen and oxygen atoms in total. The van der Waals surface area contributed by atoms with Crippen LogP contribution in [-0.2, 0) is 4.74 Å². The highest BCUT2D eigenvalue weighted by atomic mass is 35.5. The van der Waals surface area contributed by atoms with Crippen LogP contribution in [0.25, 0.3) is 0 Å². The van der Waals surface area contributed by atoms with Crippen molar-refractivity contribution in [1.29, 1.82) is 0 Å². The number of aliphatic imine (C=N–C) groups is 1. The predicted molar refractivity (Wildman–Crippen MR) is 96.7 cm³/mol. The van der Waals surface area contributed by atoms with Crippen LogP contribution >= 0.6 is 23.2 Å². The van der Waals surface area contributed by atoms with E-state index in [-0.39, 0.29) is 18.7 Å². The molecular formula is C16H15Cl2N3O5. The average Bonchev–Trinajstić information content (AvgIpc) is 2.97. The fraction of sp³-hybridized carbons (Fsp3) is 0.312. The first-order valence-electron chi connectivity index (χ1n) is 7.68. The van der Waals surface area contributed by atoms with E-state index in [1.54, 1.807) is 18.2 Å². The number of aromatic amines is 1. The lowest BCUT2D eigenvalue weighted by Crippen LogP contribution is -2.32. The minimum Gasteiger partial charge on any atom is -0.394 e. The van der Waals surface area contributed by atoms with Gasteiger partial charge in [-0.05, 0) is 17.7 Å². The Labute approximate surface area is 157 Å². The lowest BCUT2D eigenvalue weighted by Gasteiger charge is -2.14. The highest BCUT2D eigenvalue weighted by molar-refractivity contribution is 6.42. The molecule has 1 aliphatic rings. The molecule has 3 atom stereocenters. The van der Waals surface area contributed by atoms with Crippen molar-refractivity contribution in [3.63, 3.8) is 0 Å². The van der Waals surface area contributed by atoms with Gasteiger partial charge in [-0.15, -0.1) is 0 Å². The Bertz CT molecular complexity index is 956. The molecular weight excluding hydrogens is 385 g/mol. The van der Waals surface area contributed by atoms with Gasteiger partial charge in [-0.3, -0.25) is 14.3 Å². The van der Waals surface area contributed by atoms with E-state index < -0.39 is 29.7 Å². The summed E-state index contributed by atoms with van der Waals surface area (Å²) in [6.45, 7) is -0.377. The molecule has 1 aromatic carbocycles. The molecule has 3 unspecified atom stereocenters. The molecule has 2 aromatic rings. The fourth-order valence-electron chi connectivity index (χ4n) is 2.57. The molecule has 138 valence electrons. The number of hydrogen-bond donors (Lipinski definition) is 3. The molecule has 3 N–H and O–H groups in total. The van der Waals surface area contributed by atoms with Gasteiger partial charge in [0.25, 0.3) is 5.56 Å². The van der Waals surface area contributed by atoms with Crippen LogP contribution in [0, 0.1) is 0 Å². The summed E-state index contributed by atoms with van der Waals surface area (Å²) in [4.78, 5) is 30.2. The molecule has 1 aromatic heterocycles. The highest BCUT2D eigenvalue weighted by Crippen LogP contribution is 2.27. The third-order valence-electron chi connectivity index (χ3n) is 3.94. The van der Waals surface area contributed by atoms with Crippen molar-refractivity contribution in [1.82, 2.24) is 9.55 Å². The SMILES string of the molecule is O=c1[nH]c(=O)n(C2CC(O)C(CO)O2)cc1N=Cc1ccc(Cl)c(Cl)c1. The average molecular weight is 400 g/mol. The van der Waals surface area contributed by atoms with Crippen molar-refractivity contribution in [2.45, 2.75) is 24.9 Å². The molecule has 2 heterocycles. The number of halogens is 2. The molecule has 1 saturated heterocycles. The lowest BCUT2D eigenvalue weighted by molar-refractivity contribution is -0.0458. The number of benzene rings is 1. The Balaban J connectivity index is 1.91. The maximum absolute atomic E-state index is 12.0. The maximum atomic E-state index is 12.0. The maximum Gasteiger partial charge on any atom is 0.330 e. The van der Waals surface area contributed by atoms with Crippen LogP contribution in [0.5, 0.6) is 0 Å². The largest absolute Gasteiger partial charge is 0.394 e. The summed E-state index contributed by atoms with van der Waals surface area (Å²) in [6.07, 6.45) is 0.237. The summed E-state index contributed by atoms with van der Waals surface area (Å²) >= 11 is 11.8. The number of rotatable bonds is 4. The van der Waals surface area contributed by atoms with Crippen LogP contribution in [0.3, 0.4) is 0 Å². The smallest absolute Gasteiger partial charge is 0.330 e. The number of aromatic nitrogens is 2. The molecule has 1 fully saturated rings. The summed E-state index contributed by atoms with van der Waals surface area (Å²) in [7, 11) is 0. The normalized spacial score (nSPS) is 23.0. The van der Waals surface area contributed by atoms with E-state index in [4.69, 9.17) is 33.0 Å². The van der Waals surface area contributed by atoms with Gasteiger partial charge in [0.05, 0.1) is 22.8 Å². The Morgan fingerprint density at radius 2 is 2.12 bits per heavy atom. The van der Waals surface area contributed by atoms with Gasteiger partial charge >= 0.3 is 5.69 Å². The monoisotopic (exact) mass is 399 g/mol. The zero-order valence-corrected chi connectivity index (χ0v) is 14.8. The topological polar surface area (TPSA) is 117 Å². The van der Waals surface area contributed by atoms with Crippen LogP contribution in [-0.4, -0.2) is 44.8 Å². The van der Waals surface area contributed by atoms with E-state index >= 15 is 0 Å². The predicted octanol–water partition coefficient (Wildman–Crippen LogP) is 1.23. The molecule has 0 amide bonds. The number of aliphatic hydroxyl groups is 2. The minimum atomic E-state index is -0.910. The highest BCUT2D eigenvalue weighted by Gasteiger charge is 2.35. The first kappa shape index (κ1) is 18.8. The van der Waals surface area contributed by atoms with Crippen molar-refractivity contribution >= 4 is 35.1 Å². The van der Waals surface area contributed by atoms with Crippen LogP contribution in [0.1, 0.15) is 18.2 Å². The Morgan fingerprint density at radius 1 is 1.35 bits per heavy atom. The van der Waals surface area contributed by atoms with Gasteiger partial charge < -0.3 is 14.9 Å². The van der Waals surface area contributed by atoms with Crippen molar-refractivity contribution in [3.05, 3.63) is 60.8 Å². The zero-order valence-electron chi connectivity index (χ0n) is 13.3. The van der Waals surface area contributed by atoms with E-state index in [0.717, 1.165) is 4.57 Å². The number of ether oxygens (including phenoxy) is 1. The van der Waals surface area contributed by atoms with Crippen molar-refractivity contribution in [3.8, 4) is 0 Å². The van der Waals surface area contributed by atoms with Crippen molar-refractivity contribution < 1.29 is 14.9 Å². The first-order valence-corrected chi connectivity index (χ1v) is 8.43. The molecule has 10 heteroatoms. The Morgan fingerprint density at radius 3 is 2.77 bits per heavy atom. The zero-order chi connectivity index (χ0) is 18.8. The third-order valence-corrected chi connectivity index (χ3v) is 4.68. The number of hydrogen-bond acceptors (Lipinski definition) is 6. The second kappa shape index (κ2) is 7.73. The first-order chi connectivity index (χ1) is 12.4.